The van der Waals surface area contributed by atoms with Gasteiger partial charge in [-0.15, -0.1) is 0 Å². The van der Waals surface area contributed by atoms with E-state index in [1.165, 1.54) is 43.4 Å². The highest BCUT2D eigenvalue weighted by Crippen LogP contribution is 2.26. The maximum Gasteiger partial charge on any atom is 0.0427 e. The monoisotopic (exact) mass is 274 g/mol. The highest BCUT2D eigenvalue weighted by atomic mass is 15.2. The molecule has 2 rings (SSSR count). The molecule has 1 aliphatic carbocycles. The number of hydrogen-bond donors (Lipinski definition) is 1. The van der Waals surface area contributed by atoms with Crippen molar-refractivity contribution in [1.82, 2.24) is 4.90 Å². The predicted molar refractivity (Wildman–Crippen MR) is 86.8 cm³/mol. The van der Waals surface area contributed by atoms with Gasteiger partial charge in [-0.05, 0) is 36.8 Å². The predicted octanol–water partition coefficient (Wildman–Crippen LogP) is 3.90. The molecule has 0 bridgehead atoms. The summed E-state index contributed by atoms with van der Waals surface area (Å²) in [5.41, 5.74) is 9.12. The Bertz CT molecular complexity index is 408. The highest BCUT2D eigenvalue weighted by Gasteiger charge is 2.25. The molecule has 1 saturated carbocycles. The molecule has 0 amide bonds. The second kappa shape index (κ2) is 7.24. The van der Waals surface area contributed by atoms with Crippen LogP contribution in [0.4, 0.5) is 0 Å². The molecule has 0 aliphatic heterocycles. The van der Waals surface area contributed by atoms with Gasteiger partial charge in [-0.2, -0.15) is 0 Å². The molecule has 0 radical (unpaired) electrons. The molecule has 1 atom stereocenters. The van der Waals surface area contributed by atoms with Crippen LogP contribution in [-0.4, -0.2) is 24.0 Å². The lowest BCUT2D eigenvalue weighted by atomic mass is 10.00. The molecule has 1 fully saturated rings. The lowest BCUT2D eigenvalue weighted by Gasteiger charge is -2.33. The number of nitrogens with two attached hydrogens (primary N) is 1. The van der Waals surface area contributed by atoms with Gasteiger partial charge in [0.05, 0.1) is 0 Å². The quantitative estimate of drug-likeness (QED) is 0.852. The first-order valence-electron chi connectivity index (χ1n) is 8.13. The zero-order chi connectivity index (χ0) is 14.5. The Morgan fingerprint density at radius 1 is 1.15 bits per heavy atom. The van der Waals surface area contributed by atoms with Crippen molar-refractivity contribution >= 4 is 0 Å². The van der Waals surface area contributed by atoms with Crippen LogP contribution in [0.5, 0.6) is 0 Å². The average Bonchev–Trinajstić information content (AvgIpc) is 2.91. The Balaban J connectivity index is 2.04. The van der Waals surface area contributed by atoms with Gasteiger partial charge >= 0.3 is 0 Å². The number of benzene rings is 1. The summed E-state index contributed by atoms with van der Waals surface area (Å²) in [6, 6.07) is 9.43. The third-order valence-corrected chi connectivity index (χ3v) is 4.46. The second-order valence-corrected chi connectivity index (χ2v) is 6.75. The Morgan fingerprint density at radius 3 is 2.40 bits per heavy atom. The average molecular weight is 274 g/mol. The van der Waals surface area contributed by atoms with Crippen molar-refractivity contribution in [3.05, 3.63) is 35.4 Å². The van der Waals surface area contributed by atoms with Gasteiger partial charge in [0, 0.05) is 25.2 Å². The summed E-state index contributed by atoms with van der Waals surface area (Å²) in [7, 11) is 0. The van der Waals surface area contributed by atoms with E-state index in [0.717, 1.165) is 12.6 Å². The van der Waals surface area contributed by atoms with Crippen LogP contribution in [0.15, 0.2) is 24.3 Å². The molecule has 0 heterocycles. The fourth-order valence-corrected chi connectivity index (χ4v) is 3.46. The van der Waals surface area contributed by atoms with Crippen LogP contribution in [-0.2, 0) is 0 Å². The molecular formula is C18H30N2. The third-order valence-electron chi connectivity index (χ3n) is 4.46. The van der Waals surface area contributed by atoms with Gasteiger partial charge in [-0.1, -0.05) is 51.0 Å². The van der Waals surface area contributed by atoms with E-state index >= 15 is 0 Å². The minimum Gasteiger partial charge on any atom is -0.323 e. The second-order valence-electron chi connectivity index (χ2n) is 6.75. The topological polar surface area (TPSA) is 29.3 Å². The van der Waals surface area contributed by atoms with Crippen LogP contribution in [0.1, 0.15) is 56.7 Å². The van der Waals surface area contributed by atoms with E-state index in [-0.39, 0.29) is 6.04 Å². The first kappa shape index (κ1) is 15.5. The lowest BCUT2D eigenvalue weighted by Crippen LogP contribution is -2.41. The summed E-state index contributed by atoms with van der Waals surface area (Å²) < 4.78 is 0. The van der Waals surface area contributed by atoms with Crippen LogP contribution in [0.25, 0.3) is 0 Å². The van der Waals surface area contributed by atoms with Crippen LogP contribution >= 0.6 is 0 Å². The maximum atomic E-state index is 6.50. The summed E-state index contributed by atoms with van der Waals surface area (Å²) in [5.74, 6) is 0.708. The maximum absolute atomic E-state index is 6.50. The first-order valence-corrected chi connectivity index (χ1v) is 8.13. The fourth-order valence-electron chi connectivity index (χ4n) is 3.46. The van der Waals surface area contributed by atoms with E-state index in [1.54, 1.807) is 0 Å². The van der Waals surface area contributed by atoms with Crippen LogP contribution < -0.4 is 5.73 Å². The third kappa shape index (κ3) is 4.07. The van der Waals surface area contributed by atoms with Crippen molar-refractivity contribution in [3.63, 3.8) is 0 Å². The normalized spacial score (nSPS) is 18.1. The van der Waals surface area contributed by atoms with Gasteiger partial charge < -0.3 is 5.73 Å². The van der Waals surface area contributed by atoms with Crippen LogP contribution in [0, 0.1) is 12.8 Å². The molecule has 0 aromatic heterocycles. The van der Waals surface area contributed by atoms with Crippen molar-refractivity contribution in [3.8, 4) is 0 Å². The van der Waals surface area contributed by atoms with E-state index in [4.69, 9.17) is 5.73 Å². The van der Waals surface area contributed by atoms with Gasteiger partial charge in [0.2, 0.25) is 0 Å². The highest BCUT2D eigenvalue weighted by molar-refractivity contribution is 5.28. The Kier molecular flexibility index (Phi) is 5.62. The summed E-state index contributed by atoms with van der Waals surface area (Å²) in [5, 5.41) is 0. The van der Waals surface area contributed by atoms with Crippen molar-refractivity contribution in [2.45, 2.75) is 58.5 Å². The lowest BCUT2D eigenvalue weighted by molar-refractivity contribution is 0.167. The van der Waals surface area contributed by atoms with E-state index in [2.05, 4.69) is 49.9 Å². The number of nitrogens with zero attached hydrogens (tertiary/aromatic N) is 1. The van der Waals surface area contributed by atoms with E-state index < -0.39 is 0 Å². The van der Waals surface area contributed by atoms with Crippen LogP contribution in [0.2, 0.25) is 0 Å². The summed E-state index contributed by atoms with van der Waals surface area (Å²) in [6.07, 6.45) is 5.48. The van der Waals surface area contributed by atoms with Crippen molar-refractivity contribution < 1.29 is 0 Å². The smallest absolute Gasteiger partial charge is 0.0427 e. The molecule has 0 saturated heterocycles. The van der Waals surface area contributed by atoms with Crippen LogP contribution in [0.3, 0.4) is 0 Å². The summed E-state index contributed by atoms with van der Waals surface area (Å²) >= 11 is 0. The Labute approximate surface area is 124 Å². The molecule has 1 aliphatic rings. The van der Waals surface area contributed by atoms with E-state index in [0.29, 0.717) is 5.92 Å². The molecule has 2 N–H and O–H groups in total. The van der Waals surface area contributed by atoms with E-state index in [1.807, 2.05) is 0 Å². The molecule has 2 nitrogen and oxygen atoms in total. The molecular weight excluding hydrogens is 244 g/mol. The molecule has 1 aromatic carbocycles. The van der Waals surface area contributed by atoms with Crippen molar-refractivity contribution in [2.24, 2.45) is 11.7 Å². The molecule has 2 heteroatoms. The van der Waals surface area contributed by atoms with Gasteiger partial charge in [0.15, 0.2) is 0 Å². The van der Waals surface area contributed by atoms with Gasteiger partial charge in [0.1, 0.15) is 0 Å². The molecule has 112 valence electrons. The number of aryl methyl sites for hydroxylation is 1. The Morgan fingerprint density at radius 2 is 1.80 bits per heavy atom. The van der Waals surface area contributed by atoms with Gasteiger partial charge in [-0.25, -0.2) is 0 Å². The number of hydrogen-bond acceptors (Lipinski definition) is 2. The zero-order valence-electron chi connectivity index (χ0n) is 13.3. The summed E-state index contributed by atoms with van der Waals surface area (Å²) in [4.78, 5) is 2.65. The Hall–Kier alpha value is -0.860. The van der Waals surface area contributed by atoms with Gasteiger partial charge in [0.25, 0.3) is 0 Å². The van der Waals surface area contributed by atoms with E-state index in [9.17, 15) is 0 Å². The van der Waals surface area contributed by atoms with Crippen molar-refractivity contribution in [2.75, 3.05) is 13.1 Å². The first-order chi connectivity index (χ1) is 9.58. The minimum atomic E-state index is 0.135. The minimum absolute atomic E-state index is 0.135. The SMILES string of the molecule is Cc1ccccc1C(N)CN(CC(C)C)C1CCCC1. The molecule has 1 unspecified atom stereocenters. The summed E-state index contributed by atoms with van der Waals surface area (Å²) in [6.45, 7) is 8.94. The fraction of sp³-hybridized carbons (Fsp3) is 0.667. The standard InChI is InChI=1S/C18H30N2/c1-14(2)12-20(16-9-5-6-10-16)13-18(19)17-11-7-4-8-15(17)3/h4,7-8,11,14,16,18H,5-6,9-10,12-13,19H2,1-3H3. The molecule has 0 spiro atoms. The van der Waals surface area contributed by atoms with Gasteiger partial charge in [-0.3, -0.25) is 4.90 Å². The largest absolute Gasteiger partial charge is 0.323 e. The number of rotatable bonds is 6. The molecule has 20 heavy (non-hydrogen) atoms. The molecule has 1 aromatic rings. The zero-order valence-corrected chi connectivity index (χ0v) is 13.3. The van der Waals surface area contributed by atoms with Crippen molar-refractivity contribution in [1.29, 1.82) is 0 Å².